The second-order valence-corrected chi connectivity index (χ2v) is 8.10. The van der Waals surface area contributed by atoms with Crippen molar-refractivity contribution in [1.29, 1.82) is 0 Å². The molecule has 0 unspecified atom stereocenters. The van der Waals surface area contributed by atoms with Crippen LogP contribution >= 0.6 is 0 Å². The molecule has 2 aromatic carbocycles. The minimum absolute atomic E-state index is 0.464. The van der Waals surface area contributed by atoms with E-state index in [4.69, 9.17) is 0 Å². The highest BCUT2D eigenvalue weighted by Crippen LogP contribution is 2.35. The predicted molar refractivity (Wildman–Crippen MR) is 106 cm³/mol. The van der Waals surface area contributed by atoms with Gasteiger partial charge in [-0.1, -0.05) is 75.8 Å². The van der Waals surface area contributed by atoms with Gasteiger partial charge in [-0.15, -0.1) is 0 Å². The molecule has 0 atom stereocenters. The summed E-state index contributed by atoms with van der Waals surface area (Å²) in [5.41, 5.74) is 1.20. The minimum atomic E-state index is -4.66. The minimum Gasteiger partial charge on any atom is -0.206 e. The van der Waals surface area contributed by atoms with Crippen molar-refractivity contribution in [2.24, 2.45) is 11.8 Å². The summed E-state index contributed by atoms with van der Waals surface area (Å²) in [6.07, 6.45) is 5.55. The number of alkyl halides is 3. The standard InChI is InChI=1S/C24H28F4/c1-2-3-17-4-6-18(7-5-17)8-9-19-10-12-20(13-11-19)21-14-15-22(23(25)16-21)24(26,27)28/h10-18H,2-9H2,1H3. The second kappa shape index (κ2) is 9.11. The van der Waals surface area contributed by atoms with Crippen LogP contribution in [0.2, 0.25) is 0 Å². The summed E-state index contributed by atoms with van der Waals surface area (Å²) < 4.78 is 51.9. The molecule has 0 aliphatic heterocycles. The topological polar surface area (TPSA) is 0 Å². The molecule has 1 aliphatic carbocycles. The Bertz CT molecular complexity index is 753. The zero-order valence-corrected chi connectivity index (χ0v) is 16.4. The molecule has 0 bridgehead atoms. The summed E-state index contributed by atoms with van der Waals surface area (Å²) in [6, 6.07) is 10.9. The van der Waals surface area contributed by atoms with Crippen LogP contribution in [0.25, 0.3) is 11.1 Å². The van der Waals surface area contributed by atoms with E-state index in [1.54, 1.807) is 0 Å². The summed E-state index contributed by atoms with van der Waals surface area (Å²) in [7, 11) is 0. The molecule has 3 rings (SSSR count). The van der Waals surface area contributed by atoms with Gasteiger partial charge in [-0.3, -0.25) is 0 Å². The van der Waals surface area contributed by atoms with Gasteiger partial charge in [0.1, 0.15) is 5.82 Å². The summed E-state index contributed by atoms with van der Waals surface area (Å²) >= 11 is 0. The van der Waals surface area contributed by atoms with Gasteiger partial charge >= 0.3 is 6.18 Å². The largest absolute Gasteiger partial charge is 0.419 e. The van der Waals surface area contributed by atoms with Crippen molar-refractivity contribution in [3.05, 3.63) is 59.4 Å². The predicted octanol–water partition coefficient (Wildman–Crippen LogP) is 8.05. The lowest BCUT2D eigenvalue weighted by molar-refractivity contribution is -0.139. The molecule has 4 heteroatoms. The Hall–Kier alpha value is -1.84. The molecular weight excluding hydrogens is 364 g/mol. The van der Waals surface area contributed by atoms with Crippen molar-refractivity contribution in [3.63, 3.8) is 0 Å². The van der Waals surface area contributed by atoms with E-state index in [-0.39, 0.29) is 0 Å². The zero-order chi connectivity index (χ0) is 20.1. The maximum absolute atomic E-state index is 13.8. The Morgan fingerprint density at radius 3 is 1.93 bits per heavy atom. The van der Waals surface area contributed by atoms with E-state index in [1.165, 1.54) is 56.6 Å². The molecular formula is C24H28F4. The first-order valence-electron chi connectivity index (χ1n) is 10.3. The van der Waals surface area contributed by atoms with Crippen LogP contribution in [0.3, 0.4) is 0 Å². The number of hydrogen-bond acceptors (Lipinski definition) is 0. The fourth-order valence-electron chi connectivity index (χ4n) is 4.38. The van der Waals surface area contributed by atoms with Crippen LogP contribution in [0.5, 0.6) is 0 Å². The van der Waals surface area contributed by atoms with Crippen molar-refractivity contribution in [1.82, 2.24) is 0 Å². The third-order valence-electron chi connectivity index (χ3n) is 6.07. The molecule has 1 aliphatic rings. The second-order valence-electron chi connectivity index (χ2n) is 8.10. The van der Waals surface area contributed by atoms with Crippen LogP contribution in [-0.4, -0.2) is 0 Å². The van der Waals surface area contributed by atoms with E-state index in [0.29, 0.717) is 5.56 Å². The van der Waals surface area contributed by atoms with Gasteiger partial charge in [0.05, 0.1) is 5.56 Å². The van der Waals surface area contributed by atoms with E-state index < -0.39 is 17.6 Å². The highest BCUT2D eigenvalue weighted by atomic mass is 19.4. The van der Waals surface area contributed by atoms with Crippen molar-refractivity contribution in [2.75, 3.05) is 0 Å². The molecule has 0 saturated heterocycles. The number of aryl methyl sites for hydroxylation is 1. The highest BCUT2D eigenvalue weighted by molar-refractivity contribution is 5.64. The fraction of sp³-hybridized carbons (Fsp3) is 0.500. The van der Waals surface area contributed by atoms with Gasteiger partial charge in [0.15, 0.2) is 0 Å². The van der Waals surface area contributed by atoms with Crippen molar-refractivity contribution in [3.8, 4) is 11.1 Å². The summed E-state index contributed by atoms with van der Waals surface area (Å²) in [5, 5.41) is 0. The van der Waals surface area contributed by atoms with Crippen LogP contribution in [0.1, 0.15) is 63.0 Å². The monoisotopic (exact) mass is 392 g/mol. The van der Waals surface area contributed by atoms with Gasteiger partial charge in [-0.2, -0.15) is 13.2 Å². The number of halogens is 4. The first-order valence-corrected chi connectivity index (χ1v) is 10.3. The molecule has 1 fully saturated rings. The van der Waals surface area contributed by atoms with E-state index in [1.807, 2.05) is 24.3 Å². The van der Waals surface area contributed by atoms with Crippen LogP contribution < -0.4 is 0 Å². The fourth-order valence-corrected chi connectivity index (χ4v) is 4.38. The molecule has 0 radical (unpaired) electrons. The third-order valence-corrected chi connectivity index (χ3v) is 6.07. The van der Waals surface area contributed by atoms with Crippen LogP contribution in [0, 0.1) is 17.7 Å². The lowest BCUT2D eigenvalue weighted by Crippen LogP contribution is -2.15. The first kappa shape index (κ1) is 20.9. The maximum atomic E-state index is 13.8. The van der Waals surface area contributed by atoms with Crippen molar-refractivity contribution < 1.29 is 17.6 Å². The van der Waals surface area contributed by atoms with Crippen LogP contribution in [0.4, 0.5) is 17.6 Å². The molecule has 0 heterocycles. The lowest BCUT2D eigenvalue weighted by Gasteiger charge is -2.28. The Labute approximate surface area is 165 Å². The van der Waals surface area contributed by atoms with E-state index >= 15 is 0 Å². The van der Waals surface area contributed by atoms with Gasteiger partial charge in [0.25, 0.3) is 0 Å². The van der Waals surface area contributed by atoms with Crippen LogP contribution in [-0.2, 0) is 12.6 Å². The number of rotatable bonds is 6. The average molecular weight is 392 g/mol. The van der Waals surface area contributed by atoms with Gasteiger partial charge in [0, 0.05) is 0 Å². The molecule has 0 amide bonds. The Balaban J connectivity index is 1.56. The first-order chi connectivity index (χ1) is 13.4. The molecule has 0 nitrogen and oxygen atoms in total. The Kier molecular flexibility index (Phi) is 6.79. The average Bonchev–Trinajstić information content (AvgIpc) is 2.67. The Morgan fingerprint density at radius 1 is 0.821 bits per heavy atom. The molecule has 0 aromatic heterocycles. The third kappa shape index (κ3) is 5.36. The highest BCUT2D eigenvalue weighted by Gasteiger charge is 2.33. The smallest absolute Gasteiger partial charge is 0.206 e. The summed E-state index contributed by atoms with van der Waals surface area (Å²) in [5.74, 6) is 0.495. The normalized spacial score (nSPS) is 20.3. The molecule has 152 valence electrons. The van der Waals surface area contributed by atoms with Crippen molar-refractivity contribution in [2.45, 2.75) is 64.5 Å². The lowest BCUT2D eigenvalue weighted by atomic mass is 9.78. The number of hydrogen-bond donors (Lipinski definition) is 0. The Morgan fingerprint density at radius 2 is 1.39 bits per heavy atom. The van der Waals surface area contributed by atoms with E-state index in [0.717, 1.165) is 36.0 Å². The SMILES string of the molecule is CCCC1CCC(CCc2ccc(-c3ccc(C(F)(F)F)c(F)c3)cc2)CC1. The van der Waals surface area contributed by atoms with E-state index in [9.17, 15) is 17.6 Å². The summed E-state index contributed by atoms with van der Waals surface area (Å²) in [4.78, 5) is 0. The molecule has 28 heavy (non-hydrogen) atoms. The molecule has 2 aromatic rings. The number of benzene rings is 2. The van der Waals surface area contributed by atoms with E-state index in [2.05, 4.69) is 6.92 Å². The molecule has 0 spiro atoms. The van der Waals surface area contributed by atoms with Crippen molar-refractivity contribution >= 4 is 0 Å². The van der Waals surface area contributed by atoms with Gasteiger partial charge in [-0.05, 0) is 53.5 Å². The van der Waals surface area contributed by atoms with Gasteiger partial charge in [0.2, 0.25) is 0 Å². The maximum Gasteiger partial charge on any atom is 0.419 e. The van der Waals surface area contributed by atoms with Crippen LogP contribution in [0.15, 0.2) is 42.5 Å². The molecule has 0 N–H and O–H groups in total. The molecule has 1 saturated carbocycles. The van der Waals surface area contributed by atoms with Gasteiger partial charge in [-0.25, -0.2) is 4.39 Å². The summed E-state index contributed by atoms with van der Waals surface area (Å²) in [6.45, 7) is 2.26. The zero-order valence-electron chi connectivity index (χ0n) is 16.4. The van der Waals surface area contributed by atoms with Gasteiger partial charge < -0.3 is 0 Å². The quantitative estimate of drug-likeness (QED) is 0.436.